The van der Waals surface area contributed by atoms with Crippen molar-refractivity contribution >= 4 is 11.6 Å². The SMILES string of the molecule is [CH2]c1cc(CC)ccc1Cl. The number of aryl methyl sites for hydroxylation is 1. The van der Waals surface area contributed by atoms with Gasteiger partial charge in [-0.3, -0.25) is 0 Å². The topological polar surface area (TPSA) is 0 Å². The van der Waals surface area contributed by atoms with Gasteiger partial charge in [-0.1, -0.05) is 30.7 Å². The maximum absolute atomic E-state index is 5.78. The first-order chi connectivity index (χ1) is 4.74. The molecule has 0 aliphatic heterocycles. The Bertz CT molecular complexity index is 228. The summed E-state index contributed by atoms with van der Waals surface area (Å²) in [7, 11) is 0. The van der Waals surface area contributed by atoms with Crippen molar-refractivity contribution in [3.05, 3.63) is 41.3 Å². The van der Waals surface area contributed by atoms with Crippen LogP contribution in [-0.4, -0.2) is 0 Å². The molecule has 1 rings (SSSR count). The molecule has 0 aliphatic carbocycles. The van der Waals surface area contributed by atoms with E-state index in [0.717, 1.165) is 17.0 Å². The van der Waals surface area contributed by atoms with Crippen molar-refractivity contribution in [2.24, 2.45) is 0 Å². The van der Waals surface area contributed by atoms with Crippen LogP contribution in [0.3, 0.4) is 0 Å². The van der Waals surface area contributed by atoms with E-state index in [1.54, 1.807) is 0 Å². The molecule has 0 aliphatic rings. The summed E-state index contributed by atoms with van der Waals surface area (Å²) in [5, 5.41) is 0.747. The fourth-order valence-electron chi connectivity index (χ4n) is 0.848. The van der Waals surface area contributed by atoms with Crippen LogP contribution in [0.1, 0.15) is 18.1 Å². The van der Waals surface area contributed by atoms with Gasteiger partial charge >= 0.3 is 0 Å². The number of hydrogen-bond acceptors (Lipinski definition) is 0. The summed E-state index contributed by atoms with van der Waals surface area (Å²) >= 11 is 5.78. The van der Waals surface area contributed by atoms with Gasteiger partial charge in [-0.15, -0.1) is 0 Å². The Kier molecular flexibility index (Phi) is 2.34. The van der Waals surface area contributed by atoms with Crippen molar-refractivity contribution in [1.29, 1.82) is 0 Å². The van der Waals surface area contributed by atoms with Crippen molar-refractivity contribution in [2.45, 2.75) is 13.3 Å². The highest BCUT2D eigenvalue weighted by Crippen LogP contribution is 2.16. The summed E-state index contributed by atoms with van der Waals surface area (Å²) in [6.07, 6.45) is 1.04. The summed E-state index contributed by atoms with van der Waals surface area (Å²) in [4.78, 5) is 0. The summed E-state index contributed by atoms with van der Waals surface area (Å²) in [6, 6.07) is 5.93. The van der Waals surface area contributed by atoms with Crippen LogP contribution in [0.15, 0.2) is 18.2 Å². The second-order valence-corrected chi connectivity index (χ2v) is 2.69. The molecule has 10 heavy (non-hydrogen) atoms. The predicted octanol–water partition coefficient (Wildman–Crippen LogP) is 3.08. The molecule has 0 nitrogen and oxygen atoms in total. The molecule has 0 amide bonds. The molecular weight excluding hydrogens is 144 g/mol. The van der Waals surface area contributed by atoms with Crippen molar-refractivity contribution in [3.63, 3.8) is 0 Å². The Morgan fingerprint density at radius 2 is 2.20 bits per heavy atom. The van der Waals surface area contributed by atoms with Gasteiger partial charge in [0.05, 0.1) is 0 Å². The monoisotopic (exact) mass is 153 g/mol. The van der Waals surface area contributed by atoms with Crippen molar-refractivity contribution in [1.82, 2.24) is 0 Å². The van der Waals surface area contributed by atoms with Crippen LogP contribution >= 0.6 is 11.6 Å². The molecule has 0 heterocycles. The second-order valence-electron chi connectivity index (χ2n) is 2.28. The molecule has 0 saturated carbocycles. The van der Waals surface area contributed by atoms with Crippen LogP contribution in [0.2, 0.25) is 5.02 Å². The van der Waals surface area contributed by atoms with E-state index in [0.29, 0.717) is 0 Å². The fourth-order valence-corrected chi connectivity index (χ4v) is 0.966. The lowest BCUT2D eigenvalue weighted by Gasteiger charge is -1.99. The minimum atomic E-state index is 0.747. The first-order valence-corrected chi connectivity index (χ1v) is 3.72. The smallest absolute Gasteiger partial charge is 0.0438 e. The zero-order valence-electron chi connectivity index (χ0n) is 6.02. The Balaban J connectivity index is 3.04. The van der Waals surface area contributed by atoms with Crippen LogP contribution in [0.4, 0.5) is 0 Å². The van der Waals surface area contributed by atoms with Gasteiger partial charge in [0.1, 0.15) is 0 Å². The largest absolute Gasteiger partial charge is 0.0840 e. The molecule has 1 aromatic carbocycles. The van der Waals surface area contributed by atoms with Crippen molar-refractivity contribution < 1.29 is 0 Å². The average molecular weight is 154 g/mol. The number of halogens is 1. The van der Waals surface area contributed by atoms with Gasteiger partial charge in [0.15, 0.2) is 0 Å². The summed E-state index contributed by atoms with van der Waals surface area (Å²) in [6.45, 7) is 5.91. The van der Waals surface area contributed by atoms with E-state index < -0.39 is 0 Å². The lowest BCUT2D eigenvalue weighted by atomic mass is 10.1. The molecule has 1 radical (unpaired) electrons. The number of benzene rings is 1. The minimum absolute atomic E-state index is 0.747. The van der Waals surface area contributed by atoms with Crippen molar-refractivity contribution in [2.75, 3.05) is 0 Å². The molecule has 0 saturated heterocycles. The third kappa shape index (κ3) is 1.51. The number of hydrogen-bond donors (Lipinski definition) is 0. The minimum Gasteiger partial charge on any atom is -0.0840 e. The molecule has 1 heteroatoms. The van der Waals surface area contributed by atoms with Crippen LogP contribution in [-0.2, 0) is 6.42 Å². The molecule has 0 unspecified atom stereocenters. The summed E-state index contributed by atoms with van der Waals surface area (Å²) in [5.74, 6) is 0. The van der Waals surface area contributed by atoms with Crippen LogP contribution < -0.4 is 0 Å². The van der Waals surface area contributed by atoms with E-state index >= 15 is 0 Å². The van der Waals surface area contributed by atoms with Crippen molar-refractivity contribution in [3.8, 4) is 0 Å². The maximum atomic E-state index is 5.78. The van der Waals surface area contributed by atoms with Gasteiger partial charge in [0.2, 0.25) is 0 Å². The molecule has 53 valence electrons. The van der Waals surface area contributed by atoms with E-state index in [9.17, 15) is 0 Å². The standard InChI is InChI=1S/C9H10Cl/c1-3-8-4-5-9(10)7(2)6-8/h4-6H,2-3H2,1H3. The van der Waals surface area contributed by atoms with Gasteiger partial charge in [-0.25, -0.2) is 0 Å². The van der Waals surface area contributed by atoms with Gasteiger partial charge in [0.25, 0.3) is 0 Å². The van der Waals surface area contributed by atoms with Crippen LogP contribution in [0.5, 0.6) is 0 Å². The van der Waals surface area contributed by atoms with E-state index in [4.69, 9.17) is 11.6 Å². The molecule has 1 aromatic rings. The van der Waals surface area contributed by atoms with Crippen LogP contribution in [0, 0.1) is 6.92 Å². The van der Waals surface area contributed by atoms with E-state index in [2.05, 4.69) is 13.8 Å². The molecule has 0 bridgehead atoms. The normalized spacial score (nSPS) is 9.90. The molecule has 0 spiro atoms. The molecule has 0 atom stereocenters. The highest BCUT2D eigenvalue weighted by molar-refractivity contribution is 6.31. The molecular formula is C9H10Cl. The van der Waals surface area contributed by atoms with Gasteiger partial charge in [-0.2, -0.15) is 0 Å². The zero-order chi connectivity index (χ0) is 7.56. The average Bonchev–Trinajstić information content (AvgIpc) is 1.95. The lowest BCUT2D eigenvalue weighted by Crippen LogP contribution is -1.81. The lowest BCUT2D eigenvalue weighted by molar-refractivity contribution is 1.14. The summed E-state index contributed by atoms with van der Waals surface area (Å²) in [5.41, 5.74) is 2.20. The van der Waals surface area contributed by atoms with Gasteiger partial charge in [0, 0.05) is 5.02 Å². The third-order valence-corrected chi connectivity index (χ3v) is 1.89. The first-order valence-electron chi connectivity index (χ1n) is 3.34. The Labute approximate surface area is 66.8 Å². The highest BCUT2D eigenvalue weighted by Gasteiger charge is 1.94. The summed E-state index contributed by atoms with van der Waals surface area (Å²) < 4.78 is 0. The third-order valence-electron chi connectivity index (χ3n) is 1.52. The molecule has 0 fully saturated rings. The van der Waals surface area contributed by atoms with Gasteiger partial charge < -0.3 is 0 Å². The Morgan fingerprint density at radius 1 is 1.50 bits per heavy atom. The molecule has 0 aromatic heterocycles. The zero-order valence-corrected chi connectivity index (χ0v) is 6.78. The van der Waals surface area contributed by atoms with E-state index in [-0.39, 0.29) is 0 Å². The highest BCUT2D eigenvalue weighted by atomic mass is 35.5. The van der Waals surface area contributed by atoms with Gasteiger partial charge in [-0.05, 0) is 30.5 Å². The Hall–Kier alpha value is -0.490. The first kappa shape index (κ1) is 7.62. The fraction of sp³-hybridized carbons (Fsp3) is 0.222. The second kappa shape index (κ2) is 3.07. The Morgan fingerprint density at radius 3 is 2.70 bits per heavy atom. The van der Waals surface area contributed by atoms with E-state index in [1.165, 1.54) is 5.56 Å². The molecule has 0 N–H and O–H groups in total. The predicted molar refractivity (Wildman–Crippen MR) is 45.3 cm³/mol. The maximum Gasteiger partial charge on any atom is 0.0438 e. The van der Waals surface area contributed by atoms with E-state index in [1.807, 2.05) is 18.2 Å². The quantitative estimate of drug-likeness (QED) is 0.582. The number of rotatable bonds is 1. The van der Waals surface area contributed by atoms with Crippen LogP contribution in [0.25, 0.3) is 0 Å².